The number of nitrogens with zero attached hydrogens (tertiary/aromatic N) is 4. The van der Waals surface area contributed by atoms with Crippen LogP contribution in [0.25, 0.3) is 0 Å². The molecule has 0 fully saturated rings. The van der Waals surface area contributed by atoms with Crippen molar-refractivity contribution in [2.75, 3.05) is 0 Å². The normalized spacial score (nSPS) is 11.3. The standard InChI is InChI=1S/C22H21N5O2/c1-14-4-7-19(10-15(14)2)25-26-20-8-9-21(28)18(11-20)13-24-27-22(29)17-6-5-16(3)23-12-17/h4-13,28H,1-3H3,(H,27,29). The third-order valence-electron chi connectivity index (χ3n) is 4.33. The average molecular weight is 387 g/mol. The van der Waals surface area contributed by atoms with Crippen molar-refractivity contribution < 1.29 is 9.90 Å². The van der Waals surface area contributed by atoms with Gasteiger partial charge in [-0.25, -0.2) is 5.43 Å². The number of pyridine rings is 1. The molecule has 0 aliphatic heterocycles. The first-order chi connectivity index (χ1) is 13.9. The number of nitrogens with one attached hydrogen (secondary N) is 1. The molecule has 0 saturated heterocycles. The maximum absolute atomic E-state index is 12.0. The molecule has 3 aromatic rings. The second kappa shape index (κ2) is 8.88. The summed E-state index contributed by atoms with van der Waals surface area (Å²) in [5.74, 6) is -0.371. The zero-order valence-corrected chi connectivity index (χ0v) is 16.4. The number of hydrazone groups is 1. The molecule has 0 aliphatic carbocycles. The Kier molecular flexibility index (Phi) is 6.09. The Labute approximate surface area is 168 Å². The van der Waals surface area contributed by atoms with E-state index in [2.05, 4.69) is 25.7 Å². The summed E-state index contributed by atoms with van der Waals surface area (Å²) in [5, 5.41) is 22.3. The van der Waals surface area contributed by atoms with Crippen molar-refractivity contribution >= 4 is 23.5 Å². The number of aromatic hydroxyl groups is 1. The molecule has 0 aliphatic rings. The van der Waals surface area contributed by atoms with E-state index in [1.807, 2.05) is 39.0 Å². The van der Waals surface area contributed by atoms with Crippen molar-refractivity contribution in [2.45, 2.75) is 20.8 Å². The van der Waals surface area contributed by atoms with Crippen LogP contribution in [0.2, 0.25) is 0 Å². The summed E-state index contributed by atoms with van der Waals surface area (Å²) in [7, 11) is 0. The van der Waals surface area contributed by atoms with Crippen LogP contribution in [-0.4, -0.2) is 22.2 Å². The number of carbonyl (C=O) groups excluding carboxylic acids is 1. The lowest BCUT2D eigenvalue weighted by Crippen LogP contribution is -2.17. The number of azo groups is 1. The van der Waals surface area contributed by atoms with Crippen LogP contribution in [0.5, 0.6) is 5.75 Å². The highest BCUT2D eigenvalue weighted by molar-refractivity contribution is 5.94. The molecular formula is C22H21N5O2. The molecule has 0 bridgehead atoms. The van der Waals surface area contributed by atoms with E-state index in [9.17, 15) is 9.90 Å². The summed E-state index contributed by atoms with van der Waals surface area (Å²) in [5.41, 5.74) is 7.66. The molecule has 0 spiro atoms. The van der Waals surface area contributed by atoms with Gasteiger partial charge in [0.2, 0.25) is 0 Å². The van der Waals surface area contributed by atoms with Crippen LogP contribution in [0.4, 0.5) is 11.4 Å². The second-order valence-electron chi connectivity index (χ2n) is 6.60. The van der Waals surface area contributed by atoms with Crippen LogP contribution in [-0.2, 0) is 0 Å². The summed E-state index contributed by atoms with van der Waals surface area (Å²) < 4.78 is 0. The summed E-state index contributed by atoms with van der Waals surface area (Å²) in [6, 6.07) is 14.0. The average Bonchev–Trinajstić information content (AvgIpc) is 2.71. The van der Waals surface area contributed by atoms with Crippen molar-refractivity contribution in [3.8, 4) is 5.75 Å². The Bertz CT molecular complexity index is 1090. The third kappa shape index (κ3) is 5.32. The SMILES string of the molecule is Cc1ccc(C(=O)NN=Cc2cc(N=Nc3ccc(C)c(C)c3)ccc2O)cn1. The first-order valence-corrected chi connectivity index (χ1v) is 9.00. The zero-order chi connectivity index (χ0) is 20.8. The predicted molar refractivity (Wildman–Crippen MR) is 112 cm³/mol. The monoisotopic (exact) mass is 387 g/mol. The molecular weight excluding hydrogens is 366 g/mol. The van der Waals surface area contributed by atoms with Gasteiger partial charge in [-0.2, -0.15) is 15.3 Å². The fraction of sp³-hybridized carbons (Fsp3) is 0.136. The minimum atomic E-state index is -0.390. The molecule has 146 valence electrons. The van der Waals surface area contributed by atoms with Crippen LogP contribution in [0, 0.1) is 20.8 Å². The number of rotatable bonds is 5. The fourth-order valence-corrected chi connectivity index (χ4v) is 2.44. The van der Waals surface area contributed by atoms with Gasteiger partial charge in [-0.15, -0.1) is 0 Å². The number of phenols is 1. The number of hydrogen-bond acceptors (Lipinski definition) is 6. The lowest BCUT2D eigenvalue weighted by molar-refractivity contribution is 0.0954. The Hall–Kier alpha value is -3.87. The molecule has 0 unspecified atom stereocenters. The van der Waals surface area contributed by atoms with E-state index in [0.717, 1.165) is 16.9 Å². The molecule has 7 nitrogen and oxygen atoms in total. The maximum Gasteiger partial charge on any atom is 0.272 e. The van der Waals surface area contributed by atoms with Gasteiger partial charge in [-0.05, 0) is 74.4 Å². The van der Waals surface area contributed by atoms with Gasteiger partial charge >= 0.3 is 0 Å². The molecule has 7 heteroatoms. The van der Waals surface area contributed by atoms with Crippen LogP contribution in [0.15, 0.2) is 70.1 Å². The van der Waals surface area contributed by atoms with Gasteiger partial charge in [0, 0.05) is 17.5 Å². The molecule has 3 rings (SSSR count). The number of amides is 1. The van der Waals surface area contributed by atoms with Gasteiger partial charge in [-0.3, -0.25) is 9.78 Å². The Morgan fingerprint density at radius 1 is 0.966 bits per heavy atom. The van der Waals surface area contributed by atoms with E-state index in [0.29, 0.717) is 16.8 Å². The van der Waals surface area contributed by atoms with Crippen molar-refractivity contribution in [2.24, 2.45) is 15.3 Å². The number of phenolic OH excluding ortho intramolecular Hbond substituents is 1. The highest BCUT2D eigenvalue weighted by Crippen LogP contribution is 2.25. The van der Waals surface area contributed by atoms with E-state index in [1.54, 1.807) is 24.3 Å². The molecule has 0 atom stereocenters. The molecule has 2 N–H and O–H groups in total. The lowest BCUT2D eigenvalue weighted by Gasteiger charge is -2.02. The van der Waals surface area contributed by atoms with Crippen molar-refractivity contribution in [1.82, 2.24) is 10.4 Å². The third-order valence-corrected chi connectivity index (χ3v) is 4.33. The zero-order valence-electron chi connectivity index (χ0n) is 16.4. The minimum Gasteiger partial charge on any atom is -0.507 e. The fourth-order valence-electron chi connectivity index (χ4n) is 2.44. The van der Waals surface area contributed by atoms with Crippen LogP contribution in [0.3, 0.4) is 0 Å². The lowest BCUT2D eigenvalue weighted by atomic mass is 10.1. The van der Waals surface area contributed by atoms with Crippen LogP contribution < -0.4 is 5.43 Å². The molecule has 1 amide bonds. The van der Waals surface area contributed by atoms with E-state index in [-0.39, 0.29) is 11.7 Å². The summed E-state index contributed by atoms with van der Waals surface area (Å²) in [4.78, 5) is 16.1. The summed E-state index contributed by atoms with van der Waals surface area (Å²) in [6.45, 7) is 5.90. The van der Waals surface area contributed by atoms with Gasteiger partial charge in [0.1, 0.15) is 5.75 Å². The van der Waals surface area contributed by atoms with Crippen LogP contribution >= 0.6 is 0 Å². The largest absolute Gasteiger partial charge is 0.507 e. The van der Waals surface area contributed by atoms with Crippen molar-refractivity contribution in [3.63, 3.8) is 0 Å². The molecule has 1 aromatic heterocycles. The first kappa shape index (κ1) is 19.9. The molecule has 29 heavy (non-hydrogen) atoms. The number of hydrogen-bond donors (Lipinski definition) is 2. The molecule has 0 saturated carbocycles. The highest BCUT2D eigenvalue weighted by atomic mass is 16.3. The minimum absolute atomic E-state index is 0.0186. The second-order valence-corrected chi connectivity index (χ2v) is 6.60. The van der Waals surface area contributed by atoms with Gasteiger partial charge in [0.05, 0.1) is 23.2 Å². The Balaban J connectivity index is 1.70. The summed E-state index contributed by atoms with van der Waals surface area (Å²) in [6.07, 6.45) is 2.83. The van der Waals surface area contributed by atoms with Gasteiger partial charge in [0.15, 0.2) is 0 Å². The van der Waals surface area contributed by atoms with Gasteiger partial charge < -0.3 is 5.11 Å². The molecule has 1 heterocycles. The number of aryl methyl sites for hydroxylation is 3. The molecule has 2 aromatic carbocycles. The summed E-state index contributed by atoms with van der Waals surface area (Å²) >= 11 is 0. The maximum atomic E-state index is 12.0. The molecule has 0 radical (unpaired) electrons. The number of aromatic nitrogens is 1. The first-order valence-electron chi connectivity index (χ1n) is 9.00. The predicted octanol–water partition coefficient (Wildman–Crippen LogP) is 4.89. The Morgan fingerprint density at radius 3 is 2.38 bits per heavy atom. The van der Waals surface area contributed by atoms with E-state index >= 15 is 0 Å². The van der Waals surface area contributed by atoms with Crippen LogP contribution in [0.1, 0.15) is 32.7 Å². The quantitative estimate of drug-likeness (QED) is 0.370. The van der Waals surface area contributed by atoms with Gasteiger partial charge in [0.25, 0.3) is 5.91 Å². The Morgan fingerprint density at radius 2 is 1.69 bits per heavy atom. The topological polar surface area (TPSA) is 99.3 Å². The van der Waals surface area contributed by atoms with Crippen molar-refractivity contribution in [1.29, 1.82) is 0 Å². The smallest absolute Gasteiger partial charge is 0.272 e. The van der Waals surface area contributed by atoms with E-state index in [4.69, 9.17) is 0 Å². The number of carbonyl (C=O) groups is 1. The van der Waals surface area contributed by atoms with Gasteiger partial charge in [-0.1, -0.05) is 6.07 Å². The van der Waals surface area contributed by atoms with Crippen molar-refractivity contribution in [3.05, 3.63) is 82.7 Å². The van der Waals surface area contributed by atoms with E-state index in [1.165, 1.54) is 24.0 Å². The number of benzene rings is 2. The highest BCUT2D eigenvalue weighted by Gasteiger charge is 2.05. The van der Waals surface area contributed by atoms with E-state index < -0.39 is 0 Å².